The van der Waals surface area contributed by atoms with Crippen molar-refractivity contribution in [1.82, 2.24) is 24.6 Å². The number of rotatable bonds is 10. The number of aromatic amines is 1. The minimum absolute atomic E-state index is 0.0304. The molecule has 1 aliphatic rings. The van der Waals surface area contributed by atoms with Gasteiger partial charge in [0, 0.05) is 43.5 Å². The van der Waals surface area contributed by atoms with Gasteiger partial charge in [0.25, 0.3) is 0 Å². The zero-order chi connectivity index (χ0) is 26.4. The van der Waals surface area contributed by atoms with Gasteiger partial charge in [-0.1, -0.05) is 12.1 Å². The number of nitrogens with zero attached hydrogens (tertiary/aromatic N) is 3. The highest BCUT2D eigenvalue weighted by Gasteiger charge is 2.36. The Morgan fingerprint density at radius 2 is 2.08 bits per heavy atom. The molecule has 13 heteroatoms. The van der Waals surface area contributed by atoms with Crippen molar-refractivity contribution in [1.29, 1.82) is 0 Å². The van der Waals surface area contributed by atoms with Crippen LogP contribution in [0, 0.1) is 6.92 Å². The Morgan fingerprint density at radius 3 is 2.84 bits per heavy atom. The number of fused-ring (bicyclic) bond motifs is 1. The van der Waals surface area contributed by atoms with Crippen LogP contribution >= 0.6 is 0 Å². The van der Waals surface area contributed by atoms with Crippen molar-refractivity contribution in [3.63, 3.8) is 0 Å². The van der Waals surface area contributed by atoms with E-state index in [4.69, 9.17) is 9.84 Å². The fraction of sp³-hybridized carbons (Fsp3) is 0.417. The Balaban J connectivity index is 1.58. The molecule has 0 bridgehead atoms. The number of amides is 1. The first kappa shape index (κ1) is 26.4. The first-order valence-electron chi connectivity index (χ1n) is 12.1. The molecule has 1 aliphatic heterocycles. The van der Waals surface area contributed by atoms with Crippen LogP contribution in [0.4, 0.5) is 10.7 Å². The van der Waals surface area contributed by atoms with Crippen LogP contribution in [0.2, 0.25) is 0 Å². The van der Waals surface area contributed by atoms with E-state index in [-0.39, 0.29) is 17.9 Å². The van der Waals surface area contributed by atoms with E-state index in [1.54, 1.807) is 36.8 Å². The predicted molar refractivity (Wildman–Crippen MR) is 135 cm³/mol. The van der Waals surface area contributed by atoms with Crippen LogP contribution in [0.1, 0.15) is 37.7 Å². The van der Waals surface area contributed by atoms with E-state index >= 15 is 0 Å². The van der Waals surface area contributed by atoms with Gasteiger partial charge in [0.15, 0.2) is 12.2 Å². The quantitative estimate of drug-likeness (QED) is 0.228. The molecule has 0 aliphatic carbocycles. The number of anilines is 1. The van der Waals surface area contributed by atoms with E-state index in [9.17, 15) is 18.0 Å². The van der Waals surface area contributed by atoms with Crippen molar-refractivity contribution < 1.29 is 27.9 Å². The molecule has 0 saturated carbocycles. The van der Waals surface area contributed by atoms with Crippen LogP contribution in [-0.4, -0.2) is 70.8 Å². The Hall–Kier alpha value is -3.71. The molecule has 4 N–H and O–H groups in total. The van der Waals surface area contributed by atoms with Gasteiger partial charge in [-0.05, 0) is 50.3 Å². The molecule has 2 atom stereocenters. The lowest BCUT2D eigenvalue weighted by Crippen LogP contribution is -2.54. The predicted octanol–water partition coefficient (Wildman–Crippen LogP) is 2.84. The van der Waals surface area contributed by atoms with Crippen LogP contribution in [0.25, 0.3) is 10.9 Å². The molecule has 1 saturated heterocycles. The highest BCUT2D eigenvalue weighted by Crippen LogP contribution is 2.25. The second kappa shape index (κ2) is 11.6. The molecule has 1 aromatic carbocycles. The summed E-state index contributed by atoms with van der Waals surface area (Å²) in [6.07, 6.45) is 4.68. The van der Waals surface area contributed by atoms with Crippen molar-refractivity contribution in [2.45, 2.75) is 56.2 Å². The van der Waals surface area contributed by atoms with Gasteiger partial charge in [-0.25, -0.2) is 18.2 Å². The number of sulfonamides is 1. The fourth-order valence-corrected chi connectivity index (χ4v) is 5.85. The number of hydrogen-bond acceptors (Lipinski definition) is 8. The molecule has 12 nitrogen and oxygen atoms in total. The number of nitrogens with one attached hydrogen (secondary N) is 3. The molecule has 3 heterocycles. The van der Waals surface area contributed by atoms with E-state index < -0.39 is 34.4 Å². The maximum absolute atomic E-state index is 13.6. The van der Waals surface area contributed by atoms with Crippen LogP contribution in [0.5, 0.6) is 0 Å². The van der Waals surface area contributed by atoms with Gasteiger partial charge in [-0.15, -0.1) is 0 Å². The van der Waals surface area contributed by atoms with E-state index in [2.05, 4.69) is 25.0 Å². The van der Waals surface area contributed by atoms with Gasteiger partial charge in [0.05, 0.1) is 5.52 Å². The molecule has 198 valence electrons. The van der Waals surface area contributed by atoms with Gasteiger partial charge in [-0.3, -0.25) is 9.78 Å². The van der Waals surface area contributed by atoms with Crippen molar-refractivity contribution >= 4 is 38.9 Å². The highest BCUT2D eigenvalue weighted by molar-refractivity contribution is 7.89. The summed E-state index contributed by atoms with van der Waals surface area (Å²) in [5.41, 5.74) is 1.19. The Kier molecular flexibility index (Phi) is 8.24. The number of carbonyl (C=O) groups is 2. The molecule has 4 rings (SSSR count). The standard InChI is InChI=1S/C24H30N6O6S/c1-16-10-12-25-21-17(16)6-4-8-19(21)37(34,35)29-18(7-5-11-26-23-27-13-14-28-23)22(31)30-15-3-2-9-20(30)36-24(32)33/h4,6,8,10,12-14,18,20,29H,2-3,5,7,9,11,15H2,1H3,(H,32,33)(H2,26,27,28)/t18-,20+/m0/s1. The number of carbonyl (C=O) groups excluding carboxylic acids is 1. The summed E-state index contributed by atoms with van der Waals surface area (Å²) >= 11 is 0. The van der Waals surface area contributed by atoms with E-state index in [1.165, 1.54) is 11.0 Å². The van der Waals surface area contributed by atoms with Crippen LogP contribution in [0.3, 0.4) is 0 Å². The summed E-state index contributed by atoms with van der Waals surface area (Å²) < 4.78 is 34.6. The molecule has 37 heavy (non-hydrogen) atoms. The fourth-order valence-electron chi connectivity index (χ4n) is 4.45. The number of aromatic nitrogens is 3. The number of aryl methyl sites for hydroxylation is 1. The number of imidazole rings is 1. The number of hydrogen-bond donors (Lipinski definition) is 4. The lowest BCUT2D eigenvalue weighted by atomic mass is 10.1. The summed E-state index contributed by atoms with van der Waals surface area (Å²) in [6.45, 7) is 2.57. The summed E-state index contributed by atoms with van der Waals surface area (Å²) in [7, 11) is -4.16. The third kappa shape index (κ3) is 6.35. The largest absolute Gasteiger partial charge is 0.507 e. The average Bonchev–Trinajstić information content (AvgIpc) is 3.39. The highest BCUT2D eigenvalue weighted by atomic mass is 32.2. The van der Waals surface area contributed by atoms with Gasteiger partial charge in [0.2, 0.25) is 15.9 Å². The first-order valence-corrected chi connectivity index (χ1v) is 13.5. The number of pyridine rings is 1. The number of piperidine rings is 1. The average molecular weight is 531 g/mol. The topological polar surface area (TPSA) is 167 Å². The van der Waals surface area contributed by atoms with Crippen molar-refractivity contribution in [2.75, 3.05) is 18.4 Å². The van der Waals surface area contributed by atoms with Crippen LogP contribution in [-0.2, 0) is 19.6 Å². The third-order valence-corrected chi connectivity index (χ3v) is 7.77. The Morgan fingerprint density at radius 1 is 1.24 bits per heavy atom. The molecule has 0 radical (unpaired) electrons. The second-order valence-corrected chi connectivity index (χ2v) is 10.5. The summed E-state index contributed by atoms with van der Waals surface area (Å²) in [5, 5.41) is 12.9. The lowest BCUT2D eigenvalue weighted by Gasteiger charge is -2.36. The van der Waals surface area contributed by atoms with Crippen molar-refractivity contribution in [2.24, 2.45) is 0 Å². The first-order chi connectivity index (χ1) is 17.8. The van der Waals surface area contributed by atoms with E-state index in [0.29, 0.717) is 49.1 Å². The number of H-pyrrole nitrogens is 1. The second-order valence-electron chi connectivity index (χ2n) is 8.83. The molecular formula is C24H30N6O6S. The zero-order valence-electron chi connectivity index (χ0n) is 20.4. The minimum atomic E-state index is -4.16. The van der Waals surface area contributed by atoms with Gasteiger partial charge in [0.1, 0.15) is 10.9 Å². The maximum Gasteiger partial charge on any atom is 0.507 e. The summed E-state index contributed by atoms with van der Waals surface area (Å²) in [5.74, 6) is 0.0310. The smallest absolute Gasteiger partial charge is 0.450 e. The zero-order valence-corrected chi connectivity index (χ0v) is 21.2. The number of para-hydroxylation sites is 1. The van der Waals surface area contributed by atoms with Crippen molar-refractivity contribution in [3.05, 3.63) is 48.4 Å². The Bertz CT molecular complexity index is 1350. The molecule has 1 fully saturated rings. The molecule has 2 aromatic heterocycles. The molecule has 3 aromatic rings. The third-order valence-electron chi connectivity index (χ3n) is 6.26. The SMILES string of the molecule is Cc1ccnc2c(S(=O)(=O)N[C@@H](CCCNc3ncc[nH]3)C(=O)N3CCCC[C@H]3OC(=O)O)cccc12. The number of carboxylic acid groups (broad SMARTS) is 1. The minimum Gasteiger partial charge on any atom is -0.450 e. The molecule has 1 amide bonds. The molecular weight excluding hydrogens is 500 g/mol. The number of benzene rings is 1. The van der Waals surface area contributed by atoms with Gasteiger partial charge < -0.3 is 25.0 Å². The molecule has 0 unspecified atom stereocenters. The number of likely N-dealkylation sites (tertiary alicyclic amines) is 1. The normalized spacial score (nSPS) is 16.9. The van der Waals surface area contributed by atoms with Crippen LogP contribution < -0.4 is 10.0 Å². The van der Waals surface area contributed by atoms with Gasteiger partial charge in [-0.2, -0.15) is 4.72 Å². The number of ether oxygens (including phenoxy) is 1. The van der Waals surface area contributed by atoms with Crippen LogP contribution in [0.15, 0.2) is 47.8 Å². The summed E-state index contributed by atoms with van der Waals surface area (Å²) in [4.78, 5) is 37.4. The summed E-state index contributed by atoms with van der Waals surface area (Å²) in [6, 6.07) is 5.54. The Labute approximate surface area is 214 Å². The van der Waals surface area contributed by atoms with Crippen molar-refractivity contribution in [3.8, 4) is 0 Å². The lowest BCUT2D eigenvalue weighted by molar-refractivity contribution is -0.147. The monoisotopic (exact) mass is 530 g/mol. The van der Waals surface area contributed by atoms with Gasteiger partial charge >= 0.3 is 6.16 Å². The van der Waals surface area contributed by atoms with E-state index in [1.807, 2.05) is 6.92 Å². The maximum atomic E-state index is 13.6. The van der Waals surface area contributed by atoms with E-state index in [0.717, 1.165) is 5.56 Å². The molecule has 0 spiro atoms.